The van der Waals surface area contributed by atoms with E-state index in [4.69, 9.17) is 5.73 Å². The predicted octanol–water partition coefficient (Wildman–Crippen LogP) is 1.94. The van der Waals surface area contributed by atoms with Crippen LogP contribution in [0.2, 0.25) is 0 Å². The maximum Gasteiger partial charge on any atom is 0.254 e. The minimum absolute atomic E-state index is 0.181. The molecule has 0 atom stereocenters. The zero-order valence-electron chi connectivity index (χ0n) is 10.9. The third-order valence-corrected chi connectivity index (χ3v) is 3.04. The summed E-state index contributed by atoms with van der Waals surface area (Å²) in [5.41, 5.74) is 9.07. The van der Waals surface area contributed by atoms with Crippen LogP contribution in [0.4, 0.5) is 5.69 Å². The Morgan fingerprint density at radius 2 is 2.11 bits per heavy atom. The molecule has 0 aliphatic heterocycles. The number of pyridine rings is 1. The summed E-state index contributed by atoms with van der Waals surface area (Å²) < 4.78 is 0. The molecule has 0 radical (unpaired) electrons. The van der Waals surface area contributed by atoms with Gasteiger partial charge in [0, 0.05) is 24.6 Å². The molecule has 0 spiro atoms. The summed E-state index contributed by atoms with van der Waals surface area (Å²) in [7, 11) is 0. The maximum atomic E-state index is 11.9. The van der Waals surface area contributed by atoms with Crippen molar-refractivity contribution in [1.29, 1.82) is 0 Å². The Kier molecular flexibility index (Phi) is 4.13. The van der Waals surface area contributed by atoms with E-state index in [0.29, 0.717) is 17.8 Å². The van der Waals surface area contributed by atoms with E-state index in [9.17, 15) is 4.79 Å². The second kappa shape index (κ2) is 6.00. The second-order valence-corrected chi connectivity index (χ2v) is 4.40. The molecule has 0 aliphatic rings. The van der Waals surface area contributed by atoms with Gasteiger partial charge >= 0.3 is 0 Å². The number of hydrogen-bond acceptors (Lipinski definition) is 3. The molecule has 1 amide bonds. The van der Waals surface area contributed by atoms with Crippen molar-refractivity contribution in [2.24, 2.45) is 0 Å². The molecule has 1 aromatic carbocycles. The lowest BCUT2D eigenvalue weighted by Crippen LogP contribution is -2.26. The number of nitrogens with zero attached hydrogens (tertiary/aromatic N) is 1. The maximum absolute atomic E-state index is 11.9. The average molecular weight is 255 g/mol. The molecular weight excluding hydrogens is 238 g/mol. The van der Waals surface area contributed by atoms with E-state index >= 15 is 0 Å². The van der Waals surface area contributed by atoms with Crippen LogP contribution in [0, 0.1) is 6.92 Å². The standard InChI is InChI=1S/C15H17N3O/c1-11-4-2-3-5-12(11)6-9-18-15(19)13-10-17-8-7-14(13)16/h2-5,7-8,10H,6,9H2,1H3,(H2,16,17)(H,18,19). The molecule has 0 bridgehead atoms. The van der Waals surface area contributed by atoms with Gasteiger partial charge in [-0.05, 0) is 30.5 Å². The van der Waals surface area contributed by atoms with Crippen LogP contribution in [-0.4, -0.2) is 17.4 Å². The fourth-order valence-electron chi connectivity index (χ4n) is 1.89. The Balaban J connectivity index is 1.92. The quantitative estimate of drug-likeness (QED) is 0.877. The highest BCUT2D eigenvalue weighted by atomic mass is 16.1. The van der Waals surface area contributed by atoms with Crippen molar-refractivity contribution < 1.29 is 4.79 Å². The van der Waals surface area contributed by atoms with Crippen LogP contribution in [-0.2, 0) is 6.42 Å². The molecule has 0 aliphatic carbocycles. The van der Waals surface area contributed by atoms with Gasteiger partial charge in [-0.3, -0.25) is 9.78 Å². The number of carbonyl (C=O) groups is 1. The van der Waals surface area contributed by atoms with E-state index in [1.807, 2.05) is 12.1 Å². The molecule has 19 heavy (non-hydrogen) atoms. The summed E-state index contributed by atoms with van der Waals surface area (Å²) in [4.78, 5) is 15.8. The topological polar surface area (TPSA) is 68.0 Å². The van der Waals surface area contributed by atoms with Crippen LogP contribution in [0.3, 0.4) is 0 Å². The molecule has 2 rings (SSSR count). The SMILES string of the molecule is Cc1ccccc1CCNC(=O)c1cnccc1N. The largest absolute Gasteiger partial charge is 0.398 e. The molecule has 0 fully saturated rings. The molecule has 0 saturated carbocycles. The Bertz CT molecular complexity index is 581. The molecule has 1 heterocycles. The van der Waals surface area contributed by atoms with Crippen LogP contribution in [0.5, 0.6) is 0 Å². The predicted molar refractivity (Wildman–Crippen MR) is 75.9 cm³/mol. The summed E-state index contributed by atoms with van der Waals surface area (Å²) >= 11 is 0. The lowest BCUT2D eigenvalue weighted by atomic mass is 10.1. The highest BCUT2D eigenvalue weighted by molar-refractivity contribution is 5.98. The fraction of sp³-hybridized carbons (Fsp3) is 0.200. The molecule has 4 heteroatoms. The zero-order chi connectivity index (χ0) is 13.7. The summed E-state index contributed by atoms with van der Waals surface area (Å²) in [6.45, 7) is 2.65. The van der Waals surface area contributed by atoms with Crippen molar-refractivity contribution in [2.45, 2.75) is 13.3 Å². The molecule has 3 N–H and O–H groups in total. The van der Waals surface area contributed by atoms with Gasteiger partial charge in [0.2, 0.25) is 0 Å². The molecular formula is C15H17N3O. The van der Waals surface area contributed by atoms with Gasteiger partial charge in [0.25, 0.3) is 5.91 Å². The van der Waals surface area contributed by atoms with Crippen molar-refractivity contribution in [1.82, 2.24) is 10.3 Å². The Hall–Kier alpha value is -2.36. The lowest BCUT2D eigenvalue weighted by molar-refractivity contribution is 0.0954. The van der Waals surface area contributed by atoms with Crippen LogP contribution in [0.25, 0.3) is 0 Å². The van der Waals surface area contributed by atoms with Crippen LogP contribution in [0.1, 0.15) is 21.5 Å². The third-order valence-electron chi connectivity index (χ3n) is 3.04. The normalized spacial score (nSPS) is 10.2. The van der Waals surface area contributed by atoms with Gasteiger partial charge in [-0.2, -0.15) is 0 Å². The molecule has 0 unspecified atom stereocenters. The molecule has 4 nitrogen and oxygen atoms in total. The van der Waals surface area contributed by atoms with Gasteiger partial charge in [0.15, 0.2) is 0 Å². The number of carbonyl (C=O) groups excluding carboxylic acids is 1. The number of aromatic nitrogens is 1. The Labute approximate surface area is 112 Å². The third kappa shape index (κ3) is 3.31. The molecule has 1 aromatic heterocycles. The number of hydrogen-bond donors (Lipinski definition) is 2. The highest BCUT2D eigenvalue weighted by Crippen LogP contribution is 2.09. The van der Waals surface area contributed by atoms with E-state index < -0.39 is 0 Å². The lowest BCUT2D eigenvalue weighted by Gasteiger charge is -2.08. The Morgan fingerprint density at radius 3 is 2.84 bits per heavy atom. The minimum Gasteiger partial charge on any atom is -0.398 e. The van der Waals surface area contributed by atoms with Gasteiger partial charge < -0.3 is 11.1 Å². The van der Waals surface area contributed by atoms with Crippen LogP contribution < -0.4 is 11.1 Å². The summed E-state index contributed by atoms with van der Waals surface area (Å²) in [6.07, 6.45) is 3.86. The van der Waals surface area contributed by atoms with Gasteiger partial charge in [0.1, 0.15) is 0 Å². The van der Waals surface area contributed by atoms with Crippen molar-refractivity contribution in [3.05, 3.63) is 59.4 Å². The number of nitrogen functional groups attached to an aromatic ring is 1. The number of nitrogens with two attached hydrogens (primary N) is 1. The van der Waals surface area contributed by atoms with Gasteiger partial charge in [-0.15, -0.1) is 0 Å². The van der Waals surface area contributed by atoms with E-state index in [1.165, 1.54) is 17.3 Å². The monoisotopic (exact) mass is 255 g/mol. The van der Waals surface area contributed by atoms with Crippen molar-refractivity contribution in [2.75, 3.05) is 12.3 Å². The molecule has 2 aromatic rings. The first-order chi connectivity index (χ1) is 9.18. The summed E-state index contributed by atoms with van der Waals surface area (Å²) in [5.74, 6) is -0.181. The highest BCUT2D eigenvalue weighted by Gasteiger charge is 2.08. The van der Waals surface area contributed by atoms with Crippen LogP contribution in [0.15, 0.2) is 42.7 Å². The molecule has 0 saturated heterocycles. The van der Waals surface area contributed by atoms with E-state index in [-0.39, 0.29) is 5.91 Å². The van der Waals surface area contributed by atoms with Gasteiger partial charge in [-0.1, -0.05) is 24.3 Å². The number of benzene rings is 1. The Morgan fingerprint density at radius 1 is 1.32 bits per heavy atom. The van der Waals surface area contributed by atoms with Crippen molar-refractivity contribution in [3.63, 3.8) is 0 Å². The van der Waals surface area contributed by atoms with Crippen LogP contribution >= 0.6 is 0 Å². The van der Waals surface area contributed by atoms with E-state index in [2.05, 4.69) is 29.4 Å². The average Bonchev–Trinajstić information content (AvgIpc) is 2.41. The first-order valence-electron chi connectivity index (χ1n) is 6.20. The summed E-state index contributed by atoms with van der Waals surface area (Å²) in [6, 6.07) is 9.77. The first kappa shape index (κ1) is 13.1. The van der Waals surface area contributed by atoms with Crippen molar-refractivity contribution >= 4 is 11.6 Å². The summed E-state index contributed by atoms with van der Waals surface area (Å²) in [5, 5.41) is 2.86. The molecule has 98 valence electrons. The van der Waals surface area contributed by atoms with Crippen molar-refractivity contribution in [3.8, 4) is 0 Å². The van der Waals surface area contributed by atoms with E-state index in [1.54, 1.807) is 12.3 Å². The van der Waals surface area contributed by atoms with Gasteiger partial charge in [-0.25, -0.2) is 0 Å². The van der Waals surface area contributed by atoms with Gasteiger partial charge in [0.05, 0.1) is 5.56 Å². The minimum atomic E-state index is -0.181. The second-order valence-electron chi connectivity index (χ2n) is 4.40. The number of anilines is 1. The first-order valence-corrected chi connectivity index (χ1v) is 6.20. The smallest absolute Gasteiger partial charge is 0.254 e. The number of rotatable bonds is 4. The zero-order valence-corrected chi connectivity index (χ0v) is 10.9. The number of aryl methyl sites for hydroxylation is 1. The number of amides is 1. The fourth-order valence-corrected chi connectivity index (χ4v) is 1.89. The van der Waals surface area contributed by atoms with E-state index in [0.717, 1.165) is 6.42 Å². The number of nitrogens with one attached hydrogen (secondary N) is 1.